The topological polar surface area (TPSA) is 55.2 Å². The van der Waals surface area contributed by atoms with Crippen LogP contribution >= 0.6 is 11.6 Å². The fraction of sp³-hybridized carbons (Fsp3) is 0.200. The molecule has 0 heterocycles. The SMILES string of the molecule is O=[N+]([O-])c1ccc(NC2CCc3ccccc32)cc1Cl. The van der Waals surface area contributed by atoms with Crippen molar-refractivity contribution in [3.05, 3.63) is 68.7 Å². The van der Waals surface area contributed by atoms with Gasteiger partial charge in [0.05, 0.1) is 11.0 Å². The predicted molar refractivity (Wildman–Crippen MR) is 79.2 cm³/mol. The van der Waals surface area contributed by atoms with Gasteiger partial charge in [-0.05, 0) is 36.1 Å². The maximum atomic E-state index is 10.7. The lowest BCUT2D eigenvalue weighted by Gasteiger charge is -2.15. The largest absolute Gasteiger partial charge is 0.378 e. The van der Waals surface area contributed by atoms with Crippen LogP contribution in [-0.4, -0.2) is 4.92 Å². The van der Waals surface area contributed by atoms with Crippen molar-refractivity contribution in [3.8, 4) is 0 Å². The number of nitro benzene ring substituents is 1. The lowest BCUT2D eigenvalue weighted by Crippen LogP contribution is -2.07. The second-order valence-corrected chi connectivity index (χ2v) is 5.26. The molecule has 5 heteroatoms. The monoisotopic (exact) mass is 288 g/mol. The van der Waals surface area contributed by atoms with Crippen molar-refractivity contribution in [2.24, 2.45) is 0 Å². The van der Waals surface area contributed by atoms with Crippen molar-refractivity contribution in [1.82, 2.24) is 0 Å². The average molecular weight is 289 g/mol. The van der Waals surface area contributed by atoms with E-state index in [0.717, 1.165) is 18.5 Å². The Labute approximate surface area is 121 Å². The van der Waals surface area contributed by atoms with Crippen molar-refractivity contribution >= 4 is 23.0 Å². The summed E-state index contributed by atoms with van der Waals surface area (Å²) in [6.45, 7) is 0. The zero-order valence-electron chi connectivity index (χ0n) is 10.7. The van der Waals surface area contributed by atoms with Crippen molar-refractivity contribution in [1.29, 1.82) is 0 Å². The number of nitro groups is 1. The van der Waals surface area contributed by atoms with Gasteiger partial charge in [-0.15, -0.1) is 0 Å². The molecule has 102 valence electrons. The summed E-state index contributed by atoms with van der Waals surface area (Å²) in [4.78, 5) is 10.3. The Bertz CT molecular complexity index is 673. The molecule has 2 aromatic rings. The Balaban J connectivity index is 1.83. The van der Waals surface area contributed by atoms with Crippen molar-refractivity contribution in [3.63, 3.8) is 0 Å². The number of halogens is 1. The first-order valence-corrected chi connectivity index (χ1v) is 6.81. The van der Waals surface area contributed by atoms with Crippen LogP contribution in [0, 0.1) is 10.1 Å². The van der Waals surface area contributed by atoms with E-state index in [4.69, 9.17) is 11.6 Å². The van der Waals surface area contributed by atoms with Gasteiger partial charge in [0.1, 0.15) is 5.02 Å². The quantitative estimate of drug-likeness (QED) is 0.675. The summed E-state index contributed by atoms with van der Waals surface area (Å²) < 4.78 is 0. The minimum Gasteiger partial charge on any atom is -0.378 e. The highest BCUT2D eigenvalue weighted by Gasteiger charge is 2.22. The maximum Gasteiger partial charge on any atom is 0.288 e. The molecule has 0 saturated heterocycles. The Kier molecular flexibility index (Phi) is 3.32. The molecular formula is C15H13ClN2O2. The third kappa shape index (κ3) is 2.34. The average Bonchev–Trinajstić information content (AvgIpc) is 2.82. The van der Waals surface area contributed by atoms with Crippen LogP contribution in [0.2, 0.25) is 5.02 Å². The number of anilines is 1. The summed E-state index contributed by atoms with van der Waals surface area (Å²) in [6.07, 6.45) is 2.07. The second kappa shape index (κ2) is 5.13. The normalized spacial score (nSPS) is 16.8. The summed E-state index contributed by atoms with van der Waals surface area (Å²) in [7, 11) is 0. The van der Waals surface area contributed by atoms with E-state index in [1.54, 1.807) is 12.1 Å². The van der Waals surface area contributed by atoms with E-state index in [2.05, 4.69) is 17.4 Å². The third-order valence-electron chi connectivity index (χ3n) is 3.62. The highest BCUT2D eigenvalue weighted by Crippen LogP contribution is 2.35. The molecular weight excluding hydrogens is 276 g/mol. The number of hydrogen-bond donors (Lipinski definition) is 1. The van der Waals surface area contributed by atoms with E-state index in [9.17, 15) is 10.1 Å². The summed E-state index contributed by atoms with van der Waals surface area (Å²) in [5, 5.41) is 14.3. The molecule has 0 aliphatic heterocycles. The number of fused-ring (bicyclic) bond motifs is 1. The minimum absolute atomic E-state index is 0.0657. The standard InChI is InChI=1S/C15H13ClN2O2/c16-13-9-11(6-8-15(13)18(19)20)17-14-7-5-10-3-1-2-4-12(10)14/h1-4,6,8-9,14,17H,5,7H2. The lowest BCUT2D eigenvalue weighted by molar-refractivity contribution is -0.384. The van der Waals surface area contributed by atoms with Gasteiger partial charge in [0.15, 0.2) is 0 Å². The van der Waals surface area contributed by atoms with Crippen LogP contribution in [-0.2, 0) is 6.42 Å². The van der Waals surface area contributed by atoms with Gasteiger partial charge >= 0.3 is 0 Å². The molecule has 1 unspecified atom stereocenters. The van der Waals surface area contributed by atoms with Gasteiger partial charge in [0.2, 0.25) is 0 Å². The molecule has 3 rings (SSSR count). The smallest absolute Gasteiger partial charge is 0.288 e. The molecule has 0 saturated carbocycles. The van der Waals surface area contributed by atoms with Crippen LogP contribution in [0.5, 0.6) is 0 Å². The van der Waals surface area contributed by atoms with Gasteiger partial charge < -0.3 is 5.32 Å². The molecule has 0 amide bonds. The number of aryl methyl sites for hydroxylation is 1. The molecule has 1 atom stereocenters. The Morgan fingerprint density at radius 3 is 2.80 bits per heavy atom. The Morgan fingerprint density at radius 1 is 1.25 bits per heavy atom. The van der Waals surface area contributed by atoms with E-state index >= 15 is 0 Å². The molecule has 0 spiro atoms. The van der Waals surface area contributed by atoms with Crippen LogP contribution in [0.3, 0.4) is 0 Å². The summed E-state index contributed by atoms with van der Waals surface area (Å²) >= 11 is 5.93. The Morgan fingerprint density at radius 2 is 2.05 bits per heavy atom. The zero-order chi connectivity index (χ0) is 14.1. The molecule has 20 heavy (non-hydrogen) atoms. The highest BCUT2D eigenvalue weighted by molar-refractivity contribution is 6.32. The minimum atomic E-state index is -0.475. The number of nitrogens with one attached hydrogen (secondary N) is 1. The predicted octanol–water partition coefficient (Wildman–Crippen LogP) is 4.35. The van der Waals surface area contributed by atoms with E-state index in [0.29, 0.717) is 0 Å². The highest BCUT2D eigenvalue weighted by atomic mass is 35.5. The van der Waals surface area contributed by atoms with Crippen LogP contribution in [0.25, 0.3) is 0 Å². The molecule has 0 bridgehead atoms. The maximum absolute atomic E-state index is 10.7. The third-order valence-corrected chi connectivity index (χ3v) is 3.92. The first kappa shape index (κ1) is 12.9. The van der Waals surface area contributed by atoms with Crippen molar-refractivity contribution in [2.75, 3.05) is 5.32 Å². The first-order valence-electron chi connectivity index (χ1n) is 6.43. The van der Waals surface area contributed by atoms with E-state index < -0.39 is 4.92 Å². The van der Waals surface area contributed by atoms with Crippen LogP contribution in [0.1, 0.15) is 23.6 Å². The van der Waals surface area contributed by atoms with Crippen molar-refractivity contribution < 1.29 is 4.92 Å². The molecule has 1 aliphatic carbocycles. The fourth-order valence-electron chi connectivity index (χ4n) is 2.65. The van der Waals surface area contributed by atoms with Crippen molar-refractivity contribution in [2.45, 2.75) is 18.9 Å². The number of nitrogens with zero attached hydrogens (tertiary/aromatic N) is 1. The number of benzene rings is 2. The van der Waals surface area contributed by atoms with Crippen LogP contribution in [0.4, 0.5) is 11.4 Å². The molecule has 4 nitrogen and oxygen atoms in total. The molecule has 1 N–H and O–H groups in total. The molecule has 0 aromatic heterocycles. The van der Waals surface area contributed by atoms with E-state index in [1.807, 2.05) is 12.1 Å². The zero-order valence-corrected chi connectivity index (χ0v) is 11.4. The number of rotatable bonds is 3. The molecule has 1 aliphatic rings. The van der Waals surface area contributed by atoms with Crippen LogP contribution < -0.4 is 5.32 Å². The van der Waals surface area contributed by atoms with Gasteiger partial charge in [0.25, 0.3) is 5.69 Å². The van der Waals surface area contributed by atoms with Gasteiger partial charge in [-0.1, -0.05) is 35.9 Å². The fourth-order valence-corrected chi connectivity index (χ4v) is 2.90. The number of hydrogen-bond acceptors (Lipinski definition) is 3. The Hall–Kier alpha value is -2.07. The summed E-state index contributed by atoms with van der Waals surface area (Å²) in [6, 6.07) is 13.3. The second-order valence-electron chi connectivity index (χ2n) is 4.86. The van der Waals surface area contributed by atoms with E-state index in [1.165, 1.54) is 17.2 Å². The lowest BCUT2D eigenvalue weighted by atomic mass is 10.1. The molecule has 0 radical (unpaired) electrons. The van der Waals surface area contributed by atoms with Gasteiger partial charge in [-0.25, -0.2) is 0 Å². The molecule has 2 aromatic carbocycles. The summed E-state index contributed by atoms with van der Waals surface area (Å²) in [5.41, 5.74) is 3.39. The van der Waals surface area contributed by atoms with E-state index in [-0.39, 0.29) is 16.8 Å². The summed E-state index contributed by atoms with van der Waals surface area (Å²) in [5.74, 6) is 0. The first-order chi connectivity index (χ1) is 9.65. The van der Waals surface area contributed by atoms with Crippen LogP contribution in [0.15, 0.2) is 42.5 Å². The molecule has 0 fully saturated rings. The van der Waals surface area contributed by atoms with Gasteiger partial charge in [0, 0.05) is 11.8 Å². The van der Waals surface area contributed by atoms with Gasteiger partial charge in [-0.2, -0.15) is 0 Å². The van der Waals surface area contributed by atoms with Gasteiger partial charge in [-0.3, -0.25) is 10.1 Å².